The van der Waals surface area contributed by atoms with Crippen LogP contribution in [-0.2, 0) is 22.4 Å². The Kier molecular flexibility index (Phi) is 10.7. The molecular formula is C58H22N12O3S6. The van der Waals surface area contributed by atoms with Gasteiger partial charge in [-0.3, -0.25) is 9.59 Å². The van der Waals surface area contributed by atoms with Crippen LogP contribution in [0.2, 0.25) is 0 Å². The molecule has 5 aliphatic rings. The average Bonchev–Trinajstić information content (AvgIpc) is 3.82. The molecule has 0 N–H and O–H groups in total. The number of aromatic nitrogens is 2. The number of ketones is 2. The number of carbonyl (C=O) groups excluding carboxylic acids is 2. The van der Waals surface area contributed by atoms with E-state index in [1.54, 1.807) is 34.8 Å². The fourth-order valence-corrected chi connectivity index (χ4v) is 17.2. The summed E-state index contributed by atoms with van der Waals surface area (Å²) in [4.78, 5) is 49.0. The number of nitriles is 4. The predicted molar refractivity (Wildman–Crippen MR) is 306 cm³/mol. The summed E-state index contributed by atoms with van der Waals surface area (Å²) < 4.78 is 26.4. The van der Waals surface area contributed by atoms with Crippen molar-refractivity contribution in [2.45, 2.75) is 38.7 Å². The van der Waals surface area contributed by atoms with Crippen LogP contribution in [0.15, 0.2) is 79.8 Å². The molecule has 2 aliphatic heterocycles. The third kappa shape index (κ3) is 6.81. The number of ether oxygens (including phenoxy) is 1. The Bertz CT molecular complexity index is 4920. The molecule has 7 heterocycles. The summed E-state index contributed by atoms with van der Waals surface area (Å²) in [6.45, 7) is 39.1. The zero-order valence-electron chi connectivity index (χ0n) is 40.8. The number of hydrogen-bond donors (Lipinski definition) is 0. The fourth-order valence-electron chi connectivity index (χ4n) is 10.8. The normalized spacial score (nSPS) is 15.9. The van der Waals surface area contributed by atoms with E-state index in [2.05, 4.69) is 45.4 Å². The second-order valence-corrected chi connectivity index (χ2v) is 24.6. The summed E-state index contributed by atoms with van der Waals surface area (Å²) >= 11 is 8.24. The summed E-state index contributed by atoms with van der Waals surface area (Å²) in [6.07, 6.45) is 3.34. The summed E-state index contributed by atoms with van der Waals surface area (Å²) in [5, 5.41) is 39.6. The number of benzene rings is 3. The van der Waals surface area contributed by atoms with Gasteiger partial charge < -0.3 is 4.74 Å². The van der Waals surface area contributed by atoms with E-state index in [1.165, 1.54) is 46.9 Å². The summed E-state index contributed by atoms with van der Waals surface area (Å²) in [7, 11) is 0. The smallest absolute Gasteiger partial charge is 0.482 e. The van der Waals surface area contributed by atoms with Crippen molar-refractivity contribution in [3.8, 4) is 70.4 Å². The van der Waals surface area contributed by atoms with Crippen LogP contribution < -0.4 is 4.74 Å². The molecule has 0 unspecified atom stereocenters. The number of carbonyl (C=O) groups is 2. The van der Waals surface area contributed by atoms with Crippen molar-refractivity contribution in [2.75, 3.05) is 0 Å². The summed E-state index contributed by atoms with van der Waals surface area (Å²) in [5.74, 6) is -0.618. The largest absolute Gasteiger partial charge is 0.527 e. The maximum absolute atomic E-state index is 14.1. The van der Waals surface area contributed by atoms with Crippen LogP contribution in [0.25, 0.3) is 94.1 Å². The number of rotatable bonds is 4. The minimum Gasteiger partial charge on any atom is -0.482 e. The van der Waals surface area contributed by atoms with E-state index in [4.69, 9.17) is 48.5 Å². The first-order valence-electron chi connectivity index (χ1n) is 23.3. The molecule has 0 spiro atoms. The van der Waals surface area contributed by atoms with Crippen molar-refractivity contribution in [2.24, 2.45) is 8.73 Å². The van der Waals surface area contributed by atoms with E-state index in [9.17, 15) is 30.6 Å². The van der Waals surface area contributed by atoms with E-state index in [-0.39, 0.29) is 78.4 Å². The topological polar surface area (TPSA) is 206 Å². The minimum absolute atomic E-state index is 0.00322. The Morgan fingerprint density at radius 2 is 1.10 bits per heavy atom. The summed E-state index contributed by atoms with van der Waals surface area (Å²) in [6, 6.07) is 21.5. The minimum atomic E-state index is -0.813. The lowest BCUT2D eigenvalue weighted by atomic mass is 9.83. The van der Waals surface area contributed by atoms with Crippen molar-refractivity contribution in [3.63, 3.8) is 0 Å². The molecule has 79 heavy (non-hydrogen) atoms. The standard InChI is InChI=1S/C58H22N12O3S6/c1-57(2)34-13-26(11-33-43(56(65-7)66-8)29-15-37(63-5)24(20-60)10-30(29)50(33)71)74-52(34)53-35(57)17-40(76-53)44-46-48(69-78-67-46)45(49-47(44)68-79-70-49)41-18-36-54(77-41)55-39(73-58(36,3)4)14-27(75-55)12-32-42(25(21-61)22-62)28-9-23(19-59)38(64-6)16-31(28)51(32)72/h9-18H,1-4H3/b32-12-,33-11-. The Hall–Kier alpha value is -9.88. The quantitative estimate of drug-likeness (QED) is 0.0932. The number of thiophene rings is 4. The lowest BCUT2D eigenvalue weighted by Crippen LogP contribution is -2.27. The van der Waals surface area contributed by atoms with Gasteiger partial charge in [0.15, 0.2) is 11.6 Å². The molecule has 3 aromatic carbocycles. The van der Waals surface area contributed by atoms with Gasteiger partial charge in [0.25, 0.3) is 0 Å². The molecule has 13 rings (SSSR count). The first-order valence-corrected chi connectivity index (χ1v) is 28.0. The van der Waals surface area contributed by atoms with E-state index in [0.717, 1.165) is 85.0 Å². The molecule has 8 aromatic rings. The Morgan fingerprint density at radius 1 is 0.608 bits per heavy atom. The second-order valence-electron chi connectivity index (χ2n) is 19.3. The van der Waals surface area contributed by atoms with E-state index in [1.807, 2.05) is 50.3 Å². The number of fused-ring (bicyclic) bond motifs is 10. The molecule has 0 amide bonds. The third-order valence-electron chi connectivity index (χ3n) is 14.4. The molecule has 0 radical (unpaired) electrons. The lowest BCUT2D eigenvalue weighted by molar-refractivity contribution is 0.103. The SMILES string of the molecule is [C-]#[N+]C([N+]#[C-])=C1/C(=C/c2cc3c(s2)-c2sc(-c4c5c(c(-c6cc7c(s6)-c6sc(/C=C8\C(=O)c9cc([N+]#[C-])c(C#N)cc9C8=C(C#N)C#N)cc6OC7(C)C)c6nsnc46)N=S=N5)cc2C3(C)C)C(=O)c2cc(C#N)c([N+]#[C-])cc21. The van der Waals surface area contributed by atoms with Crippen molar-refractivity contribution in [1.29, 1.82) is 21.0 Å². The zero-order chi connectivity index (χ0) is 55.1. The number of allylic oxidation sites excluding steroid dienone is 5. The fraction of sp³-hybridized carbons (Fsp3) is 0.103. The van der Waals surface area contributed by atoms with Crippen LogP contribution in [0, 0.1) is 71.6 Å². The number of hydrogen-bond acceptors (Lipinski definition) is 16. The van der Waals surface area contributed by atoms with Crippen molar-refractivity contribution in [3.05, 3.63) is 177 Å². The molecule has 0 atom stereocenters. The van der Waals surface area contributed by atoms with E-state index in [0.29, 0.717) is 33.0 Å². The van der Waals surface area contributed by atoms with Crippen LogP contribution in [0.3, 0.4) is 0 Å². The van der Waals surface area contributed by atoms with E-state index >= 15 is 0 Å². The van der Waals surface area contributed by atoms with Crippen LogP contribution in [-0.4, -0.2) is 20.3 Å². The molecule has 0 saturated heterocycles. The van der Waals surface area contributed by atoms with Gasteiger partial charge in [0, 0.05) is 79.2 Å². The highest BCUT2D eigenvalue weighted by Crippen LogP contribution is 2.62. The molecule has 368 valence electrons. The number of nitrogens with zero attached hydrogens (tertiary/aromatic N) is 12. The number of Topliss-reactive ketones (excluding diaryl/α,β-unsaturated/α-hetero) is 2. The highest BCUT2D eigenvalue weighted by atomic mass is 32.1. The van der Waals surface area contributed by atoms with Gasteiger partial charge in [-0.25, -0.2) is 9.69 Å². The van der Waals surface area contributed by atoms with Gasteiger partial charge in [0.05, 0.1) is 74.8 Å². The Morgan fingerprint density at radius 3 is 1.68 bits per heavy atom. The molecular weight excluding hydrogens is 1110 g/mol. The van der Waals surface area contributed by atoms with E-state index < -0.39 is 22.6 Å². The Balaban J connectivity index is 0.889. The van der Waals surface area contributed by atoms with Crippen molar-refractivity contribution >= 4 is 137 Å². The van der Waals surface area contributed by atoms with Gasteiger partial charge in [0.1, 0.15) is 64.6 Å². The van der Waals surface area contributed by atoms with Crippen LogP contribution in [0.4, 0.5) is 22.7 Å². The highest BCUT2D eigenvalue weighted by Gasteiger charge is 2.43. The molecule has 21 heteroatoms. The van der Waals surface area contributed by atoms with Gasteiger partial charge in [0.2, 0.25) is 11.4 Å². The molecule has 0 fully saturated rings. The predicted octanol–water partition coefficient (Wildman–Crippen LogP) is 16.3. The lowest BCUT2D eigenvalue weighted by Gasteiger charge is -2.31. The van der Waals surface area contributed by atoms with Crippen molar-refractivity contribution in [1.82, 2.24) is 8.75 Å². The molecule has 15 nitrogen and oxygen atoms in total. The van der Waals surface area contributed by atoms with Gasteiger partial charge in [-0.15, -0.1) is 45.3 Å². The second kappa shape index (κ2) is 17.3. The maximum Gasteiger partial charge on any atom is 0.527 e. The maximum atomic E-state index is 14.1. The first kappa shape index (κ1) is 48.7. The van der Waals surface area contributed by atoms with Gasteiger partial charge >= 0.3 is 5.82 Å². The molecule has 3 aliphatic carbocycles. The van der Waals surface area contributed by atoms with Crippen LogP contribution >= 0.6 is 57.1 Å². The van der Waals surface area contributed by atoms with Crippen molar-refractivity contribution < 1.29 is 14.3 Å². The first-order chi connectivity index (χ1) is 38.1. The van der Waals surface area contributed by atoms with Gasteiger partial charge in [-0.1, -0.05) is 13.8 Å². The van der Waals surface area contributed by atoms with Gasteiger partial charge in [-0.2, -0.15) is 48.2 Å². The Labute approximate surface area is 472 Å². The monoisotopic (exact) mass is 1130 g/mol. The summed E-state index contributed by atoms with van der Waals surface area (Å²) in [5.41, 5.74) is 7.20. The average molecular weight is 1130 g/mol. The van der Waals surface area contributed by atoms with Crippen LogP contribution in [0.5, 0.6) is 5.75 Å². The third-order valence-corrected chi connectivity index (χ3v) is 20.2. The highest BCUT2D eigenvalue weighted by molar-refractivity contribution is 7.58. The molecule has 0 bridgehead atoms. The van der Waals surface area contributed by atoms with Crippen LogP contribution in [0.1, 0.15) is 97.1 Å². The molecule has 0 saturated carbocycles. The van der Waals surface area contributed by atoms with Gasteiger partial charge in [-0.05, 0) is 96.8 Å². The zero-order valence-corrected chi connectivity index (χ0v) is 45.7. The molecule has 5 aromatic heterocycles.